The van der Waals surface area contributed by atoms with Gasteiger partial charge in [-0.25, -0.2) is 4.98 Å². The van der Waals surface area contributed by atoms with Gasteiger partial charge in [0.1, 0.15) is 5.75 Å². The Hall–Kier alpha value is -2.40. The fraction of sp³-hybridized carbons (Fsp3) is 0.364. The second-order valence-electron chi connectivity index (χ2n) is 6.59. The van der Waals surface area contributed by atoms with Crippen molar-refractivity contribution in [2.24, 2.45) is 0 Å². The maximum Gasteiger partial charge on any atom is 0.269 e. The van der Waals surface area contributed by atoms with Gasteiger partial charge in [0, 0.05) is 6.54 Å². The van der Waals surface area contributed by atoms with E-state index in [0.717, 1.165) is 28.2 Å². The molecule has 0 aliphatic carbocycles. The molecule has 5 heteroatoms. The minimum absolute atomic E-state index is 0.0468. The van der Waals surface area contributed by atoms with Crippen molar-refractivity contribution >= 4 is 32.6 Å². The van der Waals surface area contributed by atoms with Crippen LogP contribution >= 0.6 is 11.3 Å². The van der Waals surface area contributed by atoms with E-state index in [1.807, 2.05) is 61.5 Å². The van der Waals surface area contributed by atoms with Gasteiger partial charge in [0.25, 0.3) is 5.91 Å². The summed E-state index contributed by atoms with van der Waals surface area (Å²) in [4.78, 5) is 19.6. The number of para-hydroxylation sites is 2. The molecule has 2 aromatic carbocycles. The topological polar surface area (TPSA) is 42.4 Å². The van der Waals surface area contributed by atoms with Crippen molar-refractivity contribution in [3.05, 3.63) is 54.6 Å². The Balaban J connectivity index is 1.78. The highest BCUT2D eigenvalue weighted by Gasteiger charge is 2.25. The Morgan fingerprint density at radius 3 is 2.56 bits per heavy atom. The number of rotatable bonds is 9. The van der Waals surface area contributed by atoms with Gasteiger partial charge in [-0.2, -0.15) is 0 Å². The van der Waals surface area contributed by atoms with Crippen molar-refractivity contribution in [2.45, 2.75) is 45.6 Å². The molecule has 1 heterocycles. The molecule has 0 aliphatic heterocycles. The summed E-state index contributed by atoms with van der Waals surface area (Å²) in [5, 5.41) is 0.751. The average Bonchev–Trinajstić information content (AvgIpc) is 3.12. The van der Waals surface area contributed by atoms with Gasteiger partial charge in [-0.1, -0.05) is 67.9 Å². The molecule has 3 rings (SSSR count). The molecule has 0 spiro atoms. The van der Waals surface area contributed by atoms with Gasteiger partial charge in [0.2, 0.25) is 0 Å². The summed E-state index contributed by atoms with van der Waals surface area (Å²) >= 11 is 1.56. The van der Waals surface area contributed by atoms with E-state index in [1.165, 1.54) is 12.8 Å². The summed E-state index contributed by atoms with van der Waals surface area (Å²) in [6.45, 7) is 4.66. The van der Waals surface area contributed by atoms with Crippen LogP contribution < -0.4 is 9.64 Å². The second-order valence-corrected chi connectivity index (χ2v) is 7.60. The van der Waals surface area contributed by atoms with E-state index < -0.39 is 6.10 Å². The predicted molar refractivity (Wildman–Crippen MR) is 113 cm³/mol. The molecule has 0 aliphatic rings. The van der Waals surface area contributed by atoms with Crippen LogP contribution in [-0.2, 0) is 4.79 Å². The first-order valence-electron chi connectivity index (χ1n) is 9.57. The van der Waals surface area contributed by atoms with Gasteiger partial charge in [0.05, 0.1) is 10.2 Å². The zero-order valence-electron chi connectivity index (χ0n) is 15.9. The zero-order chi connectivity index (χ0) is 19.1. The van der Waals surface area contributed by atoms with Crippen LogP contribution in [0.15, 0.2) is 54.6 Å². The maximum absolute atomic E-state index is 13.2. The predicted octanol–water partition coefficient (Wildman–Crippen LogP) is 5.68. The Bertz CT molecular complexity index is 830. The molecule has 0 radical (unpaired) electrons. The lowest BCUT2D eigenvalue weighted by Crippen LogP contribution is -2.41. The molecule has 27 heavy (non-hydrogen) atoms. The van der Waals surface area contributed by atoms with Crippen LogP contribution in [0.25, 0.3) is 10.2 Å². The van der Waals surface area contributed by atoms with Crippen LogP contribution in [0, 0.1) is 0 Å². The lowest BCUT2D eigenvalue weighted by Gasteiger charge is -2.24. The molecule has 0 N–H and O–H groups in total. The number of unbranched alkanes of at least 4 members (excludes halogenated alkanes) is 3. The van der Waals surface area contributed by atoms with Gasteiger partial charge in [0.15, 0.2) is 11.2 Å². The molecule has 142 valence electrons. The summed E-state index contributed by atoms with van der Waals surface area (Å²) in [5.41, 5.74) is 0.931. The lowest BCUT2D eigenvalue weighted by atomic mass is 10.2. The lowest BCUT2D eigenvalue weighted by molar-refractivity contribution is -0.124. The normalized spacial score (nSPS) is 12.1. The number of nitrogens with zero attached hydrogens (tertiary/aromatic N) is 2. The number of anilines is 1. The smallest absolute Gasteiger partial charge is 0.269 e. The molecule has 0 unspecified atom stereocenters. The zero-order valence-corrected chi connectivity index (χ0v) is 16.7. The first-order valence-corrected chi connectivity index (χ1v) is 10.4. The summed E-state index contributed by atoms with van der Waals surface area (Å²) in [5.74, 6) is 0.656. The summed E-state index contributed by atoms with van der Waals surface area (Å²) in [6.07, 6.45) is 3.86. The van der Waals surface area contributed by atoms with Crippen molar-refractivity contribution in [2.75, 3.05) is 11.4 Å². The van der Waals surface area contributed by atoms with Crippen LogP contribution in [0.2, 0.25) is 0 Å². The third kappa shape index (κ3) is 5.07. The highest BCUT2D eigenvalue weighted by atomic mass is 32.1. The molecule has 4 nitrogen and oxygen atoms in total. The minimum atomic E-state index is -0.564. The number of aromatic nitrogens is 1. The first kappa shape index (κ1) is 19.4. The minimum Gasteiger partial charge on any atom is -0.481 e. The Labute approximate surface area is 164 Å². The van der Waals surface area contributed by atoms with E-state index in [2.05, 4.69) is 6.92 Å². The second kappa shape index (κ2) is 9.51. The van der Waals surface area contributed by atoms with E-state index in [4.69, 9.17) is 9.72 Å². The van der Waals surface area contributed by atoms with Crippen LogP contribution in [0.1, 0.15) is 39.5 Å². The maximum atomic E-state index is 13.2. The van der Waals surface area contributed by atoms with Crippen LogP contribution in [0.5, 0.6) is 5.75 Å². The Morgan fingerprint density at radius 2 is 1.81 bits per heavy atom. The molecular formula is C22H26N2O2S. The molecule has 0 bridgehead atoms. The van der Waals surface area contributed by atoms with E-state index >= 15 is 0 Å². The van der Waals surface area contributed by atoms with Crippen molar-refractivity contribution in [1.82, 2.24) is 4.98 Å². The van der Waals surface area contributed by atoms with Gasteiger partial charge in [-0.3, -0.25) is 9.69 Å². The van der Waals surface area contributed by atoms with Crippen molar-refractivity contribution in [3.8, 4) is 5.75 Å². The highest BCUT2D eigenvalue weighted by molar-refractivity contribution is 7.22. The number of hydrogen-bond donors (Lipinski definition) is 0. The van der Waals surface area contributed by atoms with E-state index in [9.17, 15) is 4.79 Å². The number of hydrogen-bond acceptors (Lipinski definition) is 4. The summed E-state index contributed by atoms with van der Waals surface area (Å²) in [7, 11) is 0. The third-order valence-electron chi connectivity index (χ3n) is 4.42. The first-order chi connectivity index (χ1) is 13.2. The third-order valence-corrected chi connectivity index (χ3v) is 5.48. The molecule has 0 fully saturated rings. The quantitative estimate of drug-likeness (QED) is 0.447. The number of thiazole rings is 1. The summed E-state index contributed by atoms with van der Waals surface area (Å²) in [6, 6.07) is 17.5. The largest absolute Gasteiger partial charge is 0.481 e. The van der Waals surface area contributed by atoms with E-state index in [1.54, 1.807) is 16.2 Å². The van der Waals surface area contributed by atoms with E-state index in [-0.39, 0.29) is 5.91 Å². The fourth-order valence-corrected chi connectivity index (χ4v) is 3.94. The van der Waals surface area contributed by atoms with Gasteiger partial charge >= 0.3 is 0 Å². The van der Waals surface area contributed by atoms with Gasteiger partial charge < -0.3 is 4.74 Å². The van der Waals surface area contributed by atoms with Gasteiger partial charge in [-0.15, -0.1) is 0 Å². The number of carbonyl (C=O) groups is 1. The monoisotopic (exact) mass is 382 g/mol. The van der Waals surface area contributed by atoms with Crippen molar-refractivity contribution < 1.29 is 9.53 Å². The van der Waals surface area contributed by atoms with Crippen LogP contribution in [0.3, 0.4) is 0 Å². The molecule has 1 amide bonds. The molecule has 0 saturated heterocycles. The highest BCUT2D eigenvalue weighted by Crippen LogP contribution is 2.29. The molecule has 1 atom stereocenters. The average molecular weight is 383 g/mol. The Kier molecular flexibility index (Phi) is 6.82. The van der Waals surface area contributed by atoms with Gasteiger partial charge in [-0.05, 0) is 37.6 Å². The molecule has 0 saturated carbocycles. The van der Waals surface area contributed by atoms with Crippen molar-refractivity contribution in [1.29, 1.82) is 0 Å². The van der Waals surface area contributed by atoms with E-state index in [0.29, 0.717) is 12.3 Å². The van der Waals surface area contributed by atoms with Crippen LogP contribution in [-0.4, -0.2) is 23.5 Å². The SMILES string of the molecule is CCCCCCN(C(=O)[C@H](C)Oc1ccccc1)c1nc2ccccc2s1. The number of amides is 1. The van der Waals surface area contributed by atoms with Crippen LogP contribution in [0.4, 0.5) is 5.13 Å². The number of fused-ring (bicyclic) bond motifs is 1. The van der Waals surface area contributed by atoms with Crippen molar-refractivity contribution in [3.63, 3.8) is 0 Å². The Morgan fingerprint density at radius 1 is 1.07 bits per heavy atom. The molecule has 3 aromatic rings. The summed E-state index contributed by atoms with van der Waals surface area (Å²) < 4.78 is 6.96. The number of ether oxygens (including phenoxy) is 1. The number of carbonyl (C=O) groups excluding carboxylic acids is 1. The molecular weight excluding hydrogens is 356 g/mol. The molecule has 1 aromatic heterocycles. The number of benzene rings is 2. The fourth-order valence-electron chi connectivity index (χ4n) is 2.95. The standard InChI is InChI=1S/C22H26N2O2S/c1-3-4-5-11-16-24(22-23-19-14-9-10-15-20(19)27-22)21(25)17(2)26-18-12-7-6-8-13-18/h6-10,12-15,17H,3-5,11,16H2,1-2H3/t17-/m0/s1.